The largest absolute Gasteiger partial charge is 0.471 e. The molecule has 0 saturated carbocycles. The van der Waals surface area contributed by atoms with Crippen molar-refractivity contribution in [2.45, 2.75) is 38.0 Å². The molecule has 1 fully saturated rings. The first kappa shape index (κ1) is 28.4. The van der Waals surface area contributed by atoms with Crippen molar-refractivity contribution in [1.82, 2.24) is 24.2 Å². The monoisotopic (exact) mass is 579 g/mol. The third kappa shape index (κ3) is 7.50. The molecule has 0 aliphatic carbocycles. The summed E-state index contributed by atoms with van der Waals surface area (Å²) in [5.74, 6) is -0.597. The SMILES string of the molecule is Cc1nsc(Nc2cnc(C(F)(F)F)cn2)c1C(=O)Nc1ccc(O[C@H]2CCN(CC(F)(F)F)C[C@H]2F)nc1. The second kappa shape index (κ2) is 11.3. The number of alkyl halides is 7. The first-order valence-corrected chi connectivity index (χ1v) is 12.1. The van der Waals surface area contributed by atoms with Gasteiger partial charge in [-0.05, 0) is 24.5 Å². The Hall–Kier alpha value is -3.60. The summed E-state index contributed by atoms with van der Waals surface area (Å²) >= 11 is 0.896. The Morgan fingerprint density at radius 2 is 1.90 bits per heavy atom. The molecule has 39 heavy (non-hydrogen) atoms. The summed E-state index contributed by atoms with van der Waals surface area (Å²) in [5, 5.41) is 5.56. The van der Waals surface area contributed by atoms with Crippen LogP contribution in [0.2, 0.25) is 0 Å². The summed E-state index contributed by atoms with van der Waals surface area (Å²) in [7, 11) is 0. The standard InChI is InChI=1S/C22H20F7N7O2S/c1-11-18(20(39-35-11)34-16-8-30-15(7-31-16)22(27,28)29)19(37)33-12-2-3-17(32-6-12)38-14-4-5-36(9-13(14)23)10-21(24,25)26/h2-3,6-8,13-14H,4-5,9-10H2,1H3,(H,31,34)(H,33,37)/t13-,14+/m1/s1. The maximum Gasteiger partial charge on any atom is 0.434 e. The lowest BCUT2D eigenvalue weighted by Gasteiger charge is -2.34. The number of pyridine rings is 1. The van der Waals surface area contributed by atoms with E-state index in [1.807, 2.05) is 0 Å². The predicted molar refractivity (Wildman–Crippen MR) is 126 cm³/mol. The number of carbonyl (C=O) groups is 1. The normalized spacial score (nSPS) is 18.6. The van der Waals surface area contributed by atoms with Crippen LogP contribution < -0.4 is 15.4 Å². The van der Waals surface area contributed by atoms with Crippen LogP contribution in [0.1, 0.15) is 28.2 Å². The van der Waals surface area contributed by atoms with Gasteiger partial charge in [-0.3, -0.25) is 9.69 Å². The number of ether oxygens (including phenoxy) is 1. The molecule has 4 rings (SSSR count). The van der Waals surface area contributed by atoms with Gasteiger partial charge in [0.25, 0.3) is 5.91 Å². The summed E-state index contributed by atoms with van der Waals surface area (Å²) in [6.07, 6.45) is -8.94. The number of nitrogens with zero attached hydrogens (tertiary/aromatic N) is 5. The van der Waals surface area contributed by atoms with Crippen LogP contribution in [-0.2, 0) is 6.18 Å². The number of halogens is 7. The fourth-order valence-electron chi connectivity index (χ4n) is 3.73. The number of carbonyl (C=O) groups excluding carboxylic acids is 1. The first-order valence-electron chi connectivity index (χ1n) is 11.3. The van der Waals surface area contributed by atoms with Crippen LogP contribution in [0.5, 0.6) is 5.88 Å². The molecule has 1 saturated heterocycles. The van der Waals surface area contributed by atoms with E-state index in [2.05, 4.69) is 30.0 Å². The van der Waals surface area contributed by atoms with Crippen LogP contribution in [0.3, 0.4) is 0 Å². The first-order chi connectivity index (χ1) is 18.3. The minimum Gasteiger partial charge on any atom is -0.471 e. The number of amides is 1. The molecule has 0 bridgehead atoms. The molecular formula is C22H20F7N7O2S. The molecule has 2 atom stereocenters. The molecule has 17 heteroatoms. The Labute approximate surface area is 220 Å². The van der Waals surface area contributed by atoms with E-state index in [4.69, 9.17) is 4.74 Å². The topological polar surface area (TPSA) is 105 Å². The molecule has 210 valence electrons. The van der Waals surface area contributed by atoms with Crippen molar-refractivity contribution in [3.05, 3.63) is 47.7 Å². The molecular weight excluding hydrogens is 559 g/mol. The third-order valence-electron chi connectivity index (χ3n) is 5.51. The fourth-order valence-corrected chi connectivity index (χ4v) is 4.53. The number of aromatic nitrogens is 4. The molecule has 0 aromatic carbocycles. The van der Waals surface area contributed by atoms with Crippen molar-refractivity contribution in [3.8, 4) is 5.88 Å². The molecule has 3 aromatic heterocycles. The van der Waals surface area contributed by atoms with Crippen LogP contribution in [0.4, 0.5) is 47.2 Å². The quantitative estimate of drug-likeness (QED) is 0.377. The summed E-state index contributed by atoms with van der Waals surface area (Å²) in [4.78, 5) is 24.9. The molecule has 0 unspecified atom stereocenters. The highest BCUT2D eigenvalue weighted by molar-refractivity contribution is 7.10. The van der Waals surface area contributed by atoms with Crippen molar-refractivity contribution < 1.29 is 40.3 Å². The highest BCUT2D eigenvalue weighted by Crippen LogP contribution is 2.30. The summed E-state index contributed by atoms with van der Waals surface area (Å²) in [6.45, 7) is -0.0273. The van der Waals surface area contributed by atoms with Gasteiger partial charge in [0.2, 0.25) is 5.88 Å². The summed E-state index contributed by atoms with van der Waals surface area (Å²) < 4.78 is 99.7. The molecule has 1 amide bonds. The number of aryl methyl sites for hydroxylation is 1. The Bertz CT molecular complexity index is 1280. The van der Waals surface area contributed by atoms with Gasteiger partial charge in [0.1, 0.15) is 23.1 Å². The van der Waals surface area contributed by atoms with E-state index in [-0.39, 0.29) is 40.9 Å². The lowest BCUT2D eigenvalue weighted by atomic mass is 10.1. The lowest BCUT2D eigenvalue weighted by molar-refractivity contribution is -0.153. The number of piperidine rings is 1. The van der Waals surface area contributed by atoms with Gasteiger partial charge in [0.05, 0.1) is 42.1 Å². The van der Waals surface area contributed by atoms with E-state index in [0.29, 0.717) is 11.9 Å². The van der Waals surface area contributed by atoms with E-state index in [1.165, 1.54) is 18.3 Å². The molecule has 1 aliphatic rings. The number of likely N-dealkylation sites (tertiary alicyclic amines) is 1. The Kier molecular flexibility index (Phi) is 8.20. The van der Waals surface area contributed by atoms with Crippen LogP contribution in [0.15, 0.2) is 30.7 Å². The van der Waals surface area contributed by atoms with Crippen molar-refractivity contribution in [2.24, 2.45) is 0 Å². The Morgan fingerprint density at radius 3 is 2.49 bits per heavy atom. The van der Waals surface area contributed by atoms with Gasteiger partial charge >= 0.3 is 12.4 Å². The molecule has 1 aliphatic heterocycles. The Morgan fingerprint density at radius 1 is 1.13 bits per heavy atom. The molecule has 0 spiro atoms. The van der Waals surface area contributed by atoms with Crippen molar-refractivity contribution >= 4 is 33.9 Å². The van der Waals surface area contributed by atoms with Crippen LogP contribution in [0.25, 0.3) is 0 Å². The zero-order valence-electron chi connectivity index (χ0n) is 20.0. The van der Waals surface area contributed by atoms with E-state index >= 15 is 0 Å². The summed E-state index contributed by atoms with van der Waals surface area (Å²) in [6, 6.07) is 2.82. The van der Waals surface area contributed by atoms with Crippen LogP contribution in [0, 0.1) is 6.92 Å². The minimum absolute atomic E-state index is 0.0151. The summed E-state index contributed by atoms with van der Waals surface area (Å²) in [5.41, 5.74) is -0.457. The van der Waals surface area contributed by atoms with Gasteiger partial charge in [-0.25, -0.2) is 19.3 Å². The van der Waals surface area contributed by atoms with Gasteiger partial charge in [-0.2, -0.15) is 30.7 Å². The van der Waals surface area contributed by atoms with Gasteiger partial charge in [0, 0.05) is 25.6 Å². The zero-order chi connectivity index (χ0) is 28.4. The number of anilines is 3. The van der Waals surface area contributed by atoms with Crippen molar-refractivity contribution in [2.75, 3.05) is 30.3 Å². The molecule has 0 radical (unpaired) electrons. The van der Waals surface area contributed by atoms with Gasteiger partial charge in [0.15, 0.2) is 5.69 Å². The molecule has 4 heterocycles. The van der Waals surface area contributed by atoms with Crippen molar-refractivity contribution in [3.63, 3.8) is 0 Å². The van der Waals surface area contributed by atoms with Crippen molar-refractivity contribution in [1.29, 1.82) is 0 Å². The van der Waals surface area contributed by atoms with Crippen LogP contribution >= 0.6 is 11.5 Å². The minimum atomic E-state index is -4.64. The van der Waals surface area contributed by atoms with E-state index < -0.39 is 49.3 Å². The number of hydrogen-bond donors (Lipinski definition) is 2. The average Bonchev–Trinajstić information content (AvgIpc) is 3.20. The maximum atomic E-state index is 14.4. The Balaban J connectivity index is 1.36. The predicted octanol–water partition coefficient (Wildman–Crippen LogP) is 5.00. The maximum absolute atomic E-state index is 14.4. The van der Waals surface area contributed by atoms with E-state index in [0.717, 1.165) is 22.6 Å². The second-order valence-electron chi connectivity index (χ2n) is 8.53. The molecule has 9 nitrogen and oxygen atoms in total. The molecule has 3 aromatic rings. The average molecular weight is 580 g/mol. The smallest absolute Gasteiger partial charge is 0.434 e. The highest BCUT2D eigenvalue weighted by Gasteiger charge is 2.37. The van der Waals surface area contributed by atoms with Crippen LogP contribution in [-0.4, -0.2) is 68.2 Å². The van der Waals surface area contributed by atoms with E-state index in [1.54, 1.807) is 6.92 Å². The number of rotatable bonds is 7. The van der Waals surface area contributed by atoms with E-state index in [9.17, 15) is 35.5 Å². The molecule has 2 N–H and O–H groups in total. The lowest BCUT2D eigenvalue weighted by Crippen LogP contribution is -2.49. The number of nitrogens with one attached hydrogen (secondary N) is 2. The highest BCUT2D eigenvalue weighted by atomic mass is 32.1. The fraction of sp³-hybridized carbons (Fsp3) is 0.409. The second-order valence-corrected chi connectivity index (χ2v) is 9.31. The van der Waals surface area contributed by atoms with Gasteiger partial charge < -0.3 is 15.4 Å². The third-order valence-corrected chi connectivity index (χ3v) is 6.36. The number of hydrogen-bond acceptors (Lipinski definition) is 9. The zero-order valence-corrected chi connectivity index (χ0v) is 20.8. The van der Waals surface area contributed by atoms with Gasteiger partial charge in [-0.1, -0.05) is 0 Å². The van der Waals surface area contributed by atoms with Gasteiger partial charge in [-0.15, -0.1) is 0 Å².